The molecular formula is C13H19NO2. The van der Waals surface area contributed by atoms with E-state index in [-0.39, 0.29) is 12.4 Å². The first-order valence-electron chi connectivity index (χ1n) is 5.20. The quantitative estimate of drug-likeness (QED) is 0.500. The van der Waals surface area contributed by atoms with Gasteiger partial charge in [-0.2, -0.15) is 0 Å². The van der Waals surface area contributed by atoms with Crippen LogP contribution in [0, 0.1) is 12.3 Å². The van der Waals surface area contributed by atoms with Gasteiger partial charge in [-0.25, -0.2) is 0 Å². The van der Waals surface area contributed by atoms with E-state index in [4.69, 9.17) is 11.2 Å². The van der Waals surface area contributed by atoms with Crippen LogP contribution in [0.2, 0.25) is 0 Å². The molecular weight excluding hydrogens is 202 g/mol. The minimum Gasteiger partial charge on any atom is -0.391 e. The molecule has 0 saturated carbocycles. The van der Waals surface area contributed by atoms with E-state index in [9.17, 15) is 4.79 Å². The van der Waals surface area contributed by atoms with Crippen molar-refractivity contribution in [2.45, 2.75) is 19.3 Å². The summed E-state index contributed by atoms with van der Waals surface area (Å²) in [7, 11) is 3.32. The zero-order valence-electron chi connectivity index (χ0n) is 9.95. The van der Waals surface area contributed by atoms with E-state index in [1.807, 2.05) is 18.2 Å². The molecule has 0 bridgehead atoms. The average Bonchev–Trinajstić information content (AvgIpc) is 2.27. The summed E-state index contributed by atoms with van der Waals surface area (Å²) in [4.78, 5) is 11.3. The van der Waals surface area contributed by atoms with Crippen molar-refractivity contribution in [3.63, 3.8) is 0 Å². The standard InChI is InChI=1S/C13H19NO2/c1-4-5-6-7-8-9-12(14-2)10-13(15)11-16-3/h1,6-7,9,14H,5,8,10-11H2,2-3H3/b7-6-,12-9+. The van der Waals surface area contributed by atoms with Crippen LogP contribution in [0.4, 0.5) is 0 Å². The van der Waals surface area contributed by atoms with Crippen LogP contribution in [-0.4, -0.2) is 26.5 Å². The highest BCUT2D eigenvalue weighted by Crippen LogP contribution is 2.01. The van der Waals surface area contributed by atoms with E-state index in [0.29, 0.717) is 12.8 Å². The summed E-state index contributed by atoms with van der Waals surface area (Å²) < 4.78 is 4.77. The van der Waals surface area contributed by atoms with Crippen LogP contribution in [0.25, 0.3) is 0 Å². The zero-order chi connectivity index (χ0) is 12.2. The molecule has 0 aromatic rings. The molecule has 3 heteroatoms. The second-order valence-corrected chi connectivity index (χ2v) is 3.24. The molecule has 0 aromatic carbocycles. The number of ketones is 1. The minimum absolute atomic E-state index is 0.0655. The topological polar surface area (TPSA) is 38.3 Å². The van der Waals surface area contributed by atoms with E-state index in [1.165, 1.54) is 7.11 Å². The van der Waals surface area contributed by atoms with Crippen LogP contribution >= 0.6 is 0 Å². The largest absolute Gasteiger partial charge is 0.391 e. The van der Waals surface area contributed by atoms with Gasteiger partial charge in [-0.3, -0.25) is 4.79 Å². The van der Waals surface area contributed by atoms with Crippen molar-refractivity contribution in [1.29, 1.82) is 0 Å². The Morgan fingerprint density at radius 1 is 1.50 bits per heavy atom. The first-order chi connectivity index (χ1) is 7.74. The molecule has 0 amide bonds. The van der Waals surface area contributed by atoms with Crippen LogP contribution in [0.3, 0.4) is 0 Å². The number of terminal acetylenes is 1. The van der Waals surface area contributed by atoms with Crippen LogP contribution in [0.5, 0.6) is 0 Å². The Hall–Kier alpha value is -1.53. The number of methoxy groups -OCH3 is 1. The molecule has 88 valence electrons. The maximum Gasteiger partial charge on any atom is 0.164 e. The SMILES string of the molecule is C#CC/C=C\C/C=C(\CC(=O)COC)NC. The molecule has 16 heavy (non-hydrogen) atoms. The molecule has 0 unspecified atom stereocenters. The lowest BCUT2D eigenvalue weighted by Gasteiger charge is -2.05. The van der Waals surface area contributed by atoms with E-state index in [2.05, 4.69) is 11.2 Å². The number of hydrogen-bond acceptors (Lipinski definition) is 3. The number of carbonyl (C=O) groups excluding carboxylic acids is 1. The predicted molar refractivity (Wildman–Crippen MR) is 65.8 cm³/mol. The lowest BCUT2D eigenvalue weighted by atomic mass is 10.2. The molecule has 0 atom stereocenters. The van der Waals surface area contributed by atoms with Crippen molar-refractivity contribution in [3.05, 3.63) is 23.9 Å². The van der Waals surface area contributed by atoms with Gasteiger partial charge in [0.05, 0.1) is 0 Å². The van der Waals surface area contributed by atoms with Crippen LogP contribution in [0.15, 0.2) is 23.9 Å². The molecule has 0 saturated heterocycles. The molecule has 0 heterocycles. The van der Waals surface area contributed by atoms with Crippen molar-refractivity contribution in [2.75, 3.05) is 20.8 Å². The Morgan fingerprint density at radius 3 is 2.81 bits per heavy atom. The van der Waals surface area contributed by atoms with Crippen molar-refractivity contribution in [1.82, 2.24) is 5.32 Å². The lowest BCUT2D eigenvalue weighted by Crippen LogP contribution is -2.14. The van der Waals surface area contributed by atoms with Crippen molar-refractivity contribution >= 4 is 5.78 Å². The summed E-state index contributed by atoms with van der Waals surface area (Å²) in [5.41, 5.74) is 0.910. The van der Waals surface area contributed by atoms with Gasteiger partial charge in [-0.1, -0.05) is 18.2 Å². The Balaban J connectivity index is 4.02. The number of hydrogen-bond donors (Lipinski definition) is 1. The highest BCUT2D eigenvalue weighted by molar-refractivity contribution is 5.81. The zero-order valence-corrected chi connectivity index (χ0v) is 9.95. The van der Waals surface area contributed by atoms with Crippen molar-refractivity contribution in [3.8, 4) is 12.3 Å². The average molecular weight is 221 g/mol. The van der Waals surface area contributed by atoms with Gasteiger partial charge < -0.3 is 10.1 Å². The van der Waals surface area contributed by atoms with Gasteiger partial charge in [-0.15, -0.1) is 12.3 Å². The monoisotopic (exact) mass is 221 g/mol. The Labute approximate surface area is 97.6 Å². The number of carbonyl (C=O) groups is 1. The predicted octanol–water partition coefficient (Wildman–Crippen LogP) is 1.66. The Bertz CT molecular complexity index is 298. The van der Waals surface area contributed by atoms with Gasteiger partial charge >= 0.3 is 0 Å². The van der Waals surface area contributed by atoms with E-state index in [1.54, 1.807) is 7.05 Å². The molecule has 0 spiro atoms. The fourth-order valence-corrected chi connectivity index (χ4v) is 1.14. The summed E-state index contributed by atoms with van der Waals surface area (Å²) in [6.45, 7) is 0.159. The van der Waals surface area contributed by atoms with Crippen LogP contribution in [0.1, 0.15) is 19.3 Å². The minimum atomic E-state index is 0.0655. The molecule has 1 N–H and O–H groups in total. The van der Waals surface area contributed by atoms with E-state index < -0.39 is 0 Å². The smallest absolute Gasteiger partial charge is 0.164 e. The van der Waals surface area contributed by atoms with E-state index >= 15 is 0 Å². The second-order valence-electron chi connectivity index (χ2n) is 3.24. The third kappa shape index (κ3) is 7.84. The van der Waals surface area contributed by atoms with Gasteiger partial charge in [0.1, 0.15) is 6.61 Å². The van der Waals surface area contributed by atoms with Gasteiger partial charge in [0.25, 0.3) is 0 Å². The number of ether oxygens (including phenoxy) is 1. The maximum absolute atomic E-state index is 11.3. The normalized spacial score (nSPS) is 11.4. The van der Waals surface area contributed by atoms with Gasteiger partial charge in [-0.05, 0) is 6.42 Å². The highest BCUT2D eigenvalue weighted by atomic mass is 16.5. The van der Waals surface area contributed by atoms with Crippen LogP contribution in [-0.2, 0) is 9.53 Å². The molecule has 3 nitrogen and oxygen atoms in total. The fourth-order valence-electron chi connectivity index (χ4n) is 1.14. The second kappa shape index (κ2) is 10.0. The van der Waals surface area contributed by atoms with E-state index in [0.717, 1.165) is 12.1 Å². The van der Waals surface area contributed by atoms with Crippen molar-refractivity contribution < 1.29 is 9.53 Å². The Morgan fingerprint density at radius 2 is 2.25 bits per heavy atom. The number of nitrogens with one attached hydrogen (secondary N) is 1. The molecule has 0 aliphatic rings. The fraction of sp³-hybridized carbons (Fsp3) is 0.462. The van der Waals surface area contributed by atoms with Crippen LogP contribution < -0.4 is 5.32 Å². The molecule has 0 aliphatic carbocycles. The number of Topliss-reactive ketones (excluding diaryl/α,β-unsaturated/α-hetero) is 1. The summed E-state index contributed by atoms with van der Waals surface area (Å²) in [6, 6.07) is 0. The first kappa shape index (κ1) is 14.5. The van der Waals surface area contributed by atoms with Gasteiger partial charge in [0.15, 0.2) is 5.78 Å². The molecule has 0 radical (unpaired) electrons. The van der Waals surface area contributed by atoms with Crippen molar-refractivity contribution in [2.24, 2.45) is 0 Å². The maximum atomic E-state index is 11.3. The molecule has 0 aliphatic heterocycles. The van der Waals surface area contributed by atoms with Gasteiger partial charge in [0.2, 0.25) is 0 Å². The highest BCUT2D eigenvalue weighted by Gasteiger charge is 2.03. The van der Waals surface area contributed by atoms with Gasteiger partial charge in [0, 0.05) is 32.7 Å². The molecule has 0 aromatic heterocycles. The summed E-state index contributed by atoms with van der Waals surface area (Å²) in [5, 5.41) is 2.99. The number of allylic oxidation sites excluding steroid dienone is 4. The number of rotatable bonds is 8. The Kier molecular flexibility index (Phi) is 9.05. The third-order valence-corrected chi connectivity index (χ3v) is 1.92. The lowest BCUT2D eigenvalue weighted by molar-refractivity contribution is -0.122. The third-order valence-electron chi connectivity index (χ3n) is 1.92. The summed E-state index contributed by atoms with van der Waals surface area (Å²) in [6.07, 6.45) is 12.8. The molecule has 0 rings (SSSR count). The summed E-state index contributed by atoms with van der Waals surface area (Å²) >= 11 is 0. The molecule has 0 fully saturated rings. The first-order valence-corrected chi connectivity index (χ1v) is 5.20. The summed E-state index contributed by atoms with van der Waals surface area (Å²) in [5.74, 6) is 2.59.